The van der Waals surface area contributed by atoms with Crippen molar-refractivity contribution in [1.29, 1.82) is 0 Å². The number of carbonyl (C=O) groups excluding carboxylic acids is 2. The van der Waals surface area contributed by atoms with E-state index in [9.17, 15) is 30.8 Å². The summed E-state index contributed by atoms with van der Waals surface area (Å²) in [6.07, 6.45) is 0.736. The maximum atomic E-state index is 15.2. The van der Waals surface area contributed by atoms with E-state index in [0.29, 0.717) is 29.4 Å². The second kappa shape index (κ2) is 13.3. The highest BCUT2D eigenvalue weighted by molar-refractivity contribution is 7.92. The van der Waals surface area contributed by atoms with Gasteiger partial charge in [0.2, 0.25) is 10.0 Å². The number of amides is 1. The van der Waals surface area contributed by atoms with E-state index in [1.165, 1.54) is 66.9 Å². The molecule has 5 aromatic rings. The molecule has 2 aromatic heterocycles. The van der Waals surface area contributed by atoms with Crippen LogP contribution >= 0.6 is 0 Å². The molecule has 6 rings (SSSR count). The maximum Gasteiger partial charge on any atom is 0.420 e. The van der Waals surface area contributed by atoms with Crippen LogP contribution in [0.25, 0.3) is 33.2 Å². The minimum atomic E-state index is -4.49. The molecular weight excluding hydrogens is 719 g/mol. The molecule has 0 radical (unpaired) electrons. The van der Waals surface area contributed by atoms with E-state index in [1.54, 1.807) is 26.8 Å². The van der Waals surface area contributed by atoms with Crippen molar-refractivity contribution in [2.45, 2.75) is 50.2 Å². The van der Waals surface area contributed by atoms with E-state index in [-0.39, 0.29) is 46.6 Å². The van der Waals surface area contributed by atoms with Gasteiger partial charge in [-0.15, -0.1) is 0 Å². The monoisotopic (exact) mass is 756 g/mol. The highest BCUT2D eigenvalue weighted by Crippen LogP contribution is 2.43. The molecule has 3 aromatic carbocycles. The van der Waals surface area contributed by atoms with Crippen molar-refractivity contribution in [1.82, 2.24) is 14.2 Å². The quantitative estimate of drug-likeness (QED) is 0.200. The van der Waals surface area contributed by atoms with Crippen LogP contribution < -0.4 is 9.62 Å². The van der Waals surface area contributed by atoms with E-state index in [1.807, 2.05) is 0 Å². The van der Waals surface area contributed by atoms with Crippen LogP contribution in [-0.2, 0) is 24.8 Å². The number of ether oxygens (including phenoxy) is 1. The first-order valence-electron chi connectivity index (χ1n) is 16.4. The molecule has 0 unspecified atom stereocenters. The molecule has 0 bridgehead atoms. The smallest absolute Gasteiger partial charge is 0.420 e. The van der Waals surface area contributed by atoms with Gasteiger partial charge in [-0.05, 0) is 87.6 Å². The molecule has 0 spiro atoms. The van der Waals surface area contributed by atoms with E-state index < -0.39 is 60.2 Å². The third-order valence-corrected chi connectivity index (χ3v) is 12.0. The summed E-state index contributed by atoms with van der Waals surface area (Å²) in [5.74, 6) is -2.29. The molecule has 1 atom stereocenters. The summed E-state index contributed by atoms with van der Waals surface area (Å²) in [7, 11) is -5.55. The Bertz CT molecular complexity index is 2450. The molecule has 0 saturated carbocycles. The number of benzene rings is 3. The zero-order valence-electron chi connectivity index (χ0n) is 29.4. The predicted octanol–water partition coefficient (Wildman–Crippen LogP) is 6.44. The van der Waals surface area contributed by atoms with Gasteiger partial charge in [-0.25, -0.2) is 35.0 Å². The maximum absolute atomic E-state index is 15.2. The van der Waals surface area contributed by atoms with Crippen LogP contribution in [0.5, 0.6) is 0 Å². The lowest BCUT2D eigenvalue weighted by Crippen LogP contribution is -2.41. The number of fused-ring (bicyclic) bond motifs is 2. The fourth-order valence-corrected chi connectivity index (χ4v) is 8.70. The van der Waals surface area contributed by atoms with Gasteiger partial charge in [0.1, 0.15) is 28.6 Å². The molecule has 1 aliphatic rings. The van der Waals surface area contributed by atoms with E-state index >= 15 is 4.39 Å². The van der Waals surface area contributed by atoms with Crippen LogP contribution in [0.1, 0.15) is 55.5 Å². The number of sulfonamides is 2. The van der Waals surface area contributed by atoms with Gasteiger partial charge in [-0.3, -0.25) is 9.10 Å². The predicted molar refractivity (Wildman–Crippen MR) is 193 cm³/mol. The van der Waals surface area contributed by atoms with Crippen LogP contribution in [0.3, 0.4) is 0 Å². The number of nitrogens with one attached hydrogen (secondary N) is 1. The Hall–Kier alpha value is -4.80. The van der Waals surface area contributed by atoms with Crippen molar-refractivity contribution in [2.75, 3.05) is 37.7 Å². The Labute approximate surface area is 300 Å². The van der Waals surface area contributed by atoms with Crippen molar-refractivity contribution in [3.05, 3.63) is 83.4 Å². The topological polar surface area (TPSA) is 148 Å². The second-order valence-corrected chi connectivity index (χ2v) is 17.6. The Kier molecular flexibility index (Phi) is 9.47. The zero-order chi connectivity index (χ0) is 37.9. The van der Waals surface area contributed by atoms with Gasteiger partial charge in [-0.2, -0.15) is 4.31 Å². The Morgan fingerprint density at radius 3 is 2.35 bits per heavy atom. The highest BCUT2D eigenvalue weighted by Gasteiger charge is 2.38. The lowest BCUT2D eigenvalue weighted by atomic mass is 9.89. The summed E-state index contributed by atoms with van der Waals surface area (Å²) in [6, 6.07) is 13.7. The van der Waals surface area contributed by atoms with Gasteiger partial charge in [-0.1, -0.05) is 12.1 Å². The first-order chi connectivity index (χ1) is 24.3. The van der Waals surface area contributed by atoms with Crippen molar-refractivity contribution < 1.29 is 44.4 Å². The third-order valence-electron chi connectivity index (χ3n) is 8.98. The molecule has 1 amide bonds. The minimum absolute atomic E-state index is 0.0561. The second-order valence-electron chi connectivity index (χ2n) is 13.7. The first-order valence-corrected chi connectivity index (χ1v) is 19.7. The molecule has 3 heterocycles. The van der Waals surface area contributed by atoms with Gasteiger partial charge in [0.25, 0.3) is 15.9 Å². The summed E-state index contributed by atoms with van der Waals surface area (Å²) in [5.41, 5.74) is 0.0726. The van der Waals surface area contributed by atoms with Crippen LogP contribution in [0.4, 0.5) is 19.3 Å². The van der Waals surface area contributed by atoms with Gasteiger partial charge in [0, 0.05) is 49.6 Å². The average molecular weight is 757 g/mol. The molecule has 1 saturated heterocycles. The SMILES string of the molecule is CNC(=O)c1c(-c2ccc(F)cc2)oc2cc(N(C)S(C)(=O)=O)c([C@H]3CCCN(S(=O)(=O)c4cc5cccc(F)c5n4C(=O)OC(C)(C)C)C3)cc12. The summed E-state index contributed by atoms with van der Waals surface area (Å²) < 4.78 is 98.4. The number of halogens is 2. The van der Waals surface area contributed by atoms with Crippen LogP contribution in [0.2, 0.25) is 0 Å². The molecule has 1 fully saturated rings. The van der Waals surface area contributed by atoms with Crippen LogP contribution in [0.15, 0.2) is 70.1 Å². The Balaban J connectivity index is 1.50. The number of nitrogens with zero attached hydrogens (tertiary/aromatic N) is 3. The molecule has 16 heteroatoms. The van der Waals surface area contributed by atoms with Crippen molar-refractivity contribution in [2.24, 2.45) is 0 Å². The number of hydrogen-bond acceptors (Lipinski definition) is 8. The van der Waals surface area contributed by atoms with Gasteiger partial charge in [0.05, 0.1) is 23.0 Å². The zero-order valence-corrected chi connectivity index (χ0v) is 31.0. The Morgan fingerprint density at radius 2 is 1.71 bits per heavy atom. The molecule has 1 N–H and O–H groups in total. The van der Waals surface area contributed by atoms with Crippen LogP contribution in [-0.4, -0.2) is 76.8 Å². The fraction of sp³-hybridized carbons (Fsp3) is 0.333. The molecule has 0 aliphatic carbocycles. The van der Waals surface area contributed by atoms with E-state index in [0.717, 1.165) is 21.2 Å². The summed E-state index contributed by atoms with van der Waals surface area (Å²) >= 11 is 0. The van der Waals surface area contributed by atoms with Gasteiger partial charge < -0.3 is 14.5 Å². The first kappa shape index (κ1) is 37.0. The Morgan fingerprint density at radius 1 is 1.02 bits per heavy atom. The number of rotatable bonds is 7. The number of carbonyl (C=O) groups is 2. The highest BCUT2D eigenvalue weighted by atomic mass is 32.2. The third kappa shape index (κ3) is 6.77. The summed E-state index contributed by atoms with van der Waals surface area (Å²) in [4.78, 5) is 26.8. The normalized spacial score (nSPS) is 16.0. The number of aromatic nitrogens is 1. The van der Waals surface area contributed by atoms with Gasteiger partial charge >= 0.3 is 6.09 Å². The molecular formula is C36H38F2N4O8S2. The molecule has 276 valence electrons. The molecule has 1 aliphatic heterocycles. The van der Waals surface area contributed by atoms with Gasteiger partial charge in [0.15, 0.2) is 5.03 Å². The number of hydrogen-bond donors (Lipinski definition) is 1. The lowest BCUT2D eigenvalue weighted by Gasteiger charge is -2.34. The van der Waals surface area contributed by atoms with E-state index in [4.69, 9.17) is 9.15 Å². The minimum Gasteiger partial charge on any atom is -0.455 e. The average Bonchev–Trinajstić information content (AvgIpc) is 3.66. The number of anilines is 1. The summed E-state index contributed by atoms with van der Waals surface area (Å²) in [5, 5.41) is 2.63. The number of piperidine rings is 1. The molecule has 12 nitrogen and oxygen atoms in total. The van der Waals surface area contributed by atoms with Crippen molar-refractivity contribution in [3.63, 3.8) is 0 Å². The molecule has 52 heavy (non-hydrogen) atoms. The lowest BCUT2D eigenvalue weighted by molar-refractivity contribution is 0.0528. The number of furan rings is 1. The van der Waals surface area contributed by atoms with E-state index in [2.05, 4.69) is 5.32 Å². The summed E-state index contributed by atoms with van der Waals surface area (Å²) in [6.45, 7) is 4.73. The van der Waals surface area contributed by atoms with Crippen LogP contribution in [0, 0.1) is 11.6 Å². The number of para-hydroxylation sites is 1. The standard InChI is InChI=1S/C36H38F2N4O8S2/c1-36(2,3)50-35(44)42-30(17-22-9-7-11-27(38)32(22)42)52(47,48)41-16-8-10-23(20-41)25-18-26-29(19-28(25)40(5)51(6,45)46)49-33(31(26)34(43)39-4)21-12-14-24(37)15-13-21/h7,9,11-15,17-19,23H,8,10,16,20H2,1-6H3,(H,39,43)/t23-/m0/s1. The largest absolute Gasteiger partial charge is 0.455 e. The van der Waals surface area contributed by atoms with Crippen molar-refractivity contribution >= 4 is 59.6 Å². The van der Waals surface area contributed by atoms with Crippen molar-refractivity contribution in [3.8, 4) is 11.3 Å². The fourth-order valence-electron chi connectivity index (χ4n) is 6.50.